The van der Waals surface area contributed by atoms with Crippen LogP contribution in [0.4, 0.5) is 16.2 Å². The highest BCUT2D eigenvalue weighted by molar-refractivity contribution is 6.11. The molecule has 1 aliphatic rings. The molecule has 1 atom stereocenters. The molecule has 0 saturated carbocycles. The Morgan fingerprint density at radius 3 is 2.58 bits per heavy atom. The normalized spacial score (nSPS) is 19.2. The Morgan fingerprint density at radius 2 is 1.88 bits per heavy atom. The topological polar surface area (TPSA) is 81.7 Å². The lowest BCUT2D eigenvalue weighted by Gasteiger charge is -2.42. The van der Waals surface area contributed by atoms with Crippen LogP contribution in [0.15, 0.2) is 67.3 Å². The molecule has 1 heterocycles. The molecule has 6 heteroatoms. The molecule has 0 radical (unpaired) electrons. The predicted octanol–water partition coefficient (Wildman–Crippen LogP) is 2.19. The van der Waals surface area contributed by atoms with Gasteiger partial charge in [0.25, 0.3) is 11.6 Å². The number of rotatable bonds is 4. The number of urea groups is 1. The summed E-state index contributed by atoms with van der Waals surface area (Å²) < 4.78 is 0. The molecular formula is C18H17N3O3. The average molecular weight is 323 g/mol. The second kappa shape index (κ2) is 6.17. The molecule has 3 amide bonds. The Morgan fingerprint density at radius 1 is 1.21 bits per heavy atom. The number of fused-ring (bicyclic) bond motifs is 1. The zero-order chi connectivity index (χ0) is 17.2. The maximum atomic E-state index is 12.7. The van der Waals surface area contributed by atoms with Crippen molar-refractivity contribution >= 4 is 23.3 Å². The maximum Gasteiger partial charge on any atom is 0.329 e. The van der Waals surface area contributed by atoms with E-state index in [-0.39, 0.29) is 6.54 Å². The Kier molecular flexibility index (Phi) is 4.05. The molecule has 0 unspecified atom stereocenters. The van der Waals surface area contributed by atoms with E-state index in [1.807, 2.05) is 0 Å². The summed E-state index contributed by atoms with van der Waals surface area (Å²) in [6.07, 6.45) is 1.50. The van der Waals surface area contributed by atoms with Crippen molar-refractivity contribution in [2.75, 3.05) is 16.8 Å². The number of benzene rings is 2. The van der Waals surface area contributed by atoms with E-state index in [0.29, 0.717) is 16.9 Å². The third kappa shape index (κ3) is 2.43. The van der Waals surface area contributed by atoms with Crippen LogP contribution in [0.5, 0.6) is 0 Å². The molecule has 2 aromatic rings. The van der Waals surface area contributed by atoms with Gasteiger partial charge in [-0.1, -0.05) is 42.5 Å². The summed E-state index contributed by atoms with van der Waals surface area (Å²) in [5.41, 5.74) is -1.06. The SMILES string of the molecule is C=CCNC(=O)[C@]1(O)c2ccccc2NC(=O)N1c1ccccc1. The largest absolute Gasteiger partial charge is 0.359 e. The highest BCUT2D eigenvalue weighted by Crippen LogP contribution is 2.39. The van der Waals surface area contributed by atoms with Crippen molar-refractivity contribution < 1.29 is 14.7 Å². The molecule has 0 saturated heterocycles. The van der Waals surface area contributed by atoms with Gasteiger partial charge in [0.05, 0.1) is 5.69 Å². The highest BCUT2D eigenvalue weighted by atomic mass is 16.3. The lowest BCUT2D eigenvalue weighted by atomic mass is 9.95. The second-order valence-corrected chi connectivity index (χ2v) is 5.32. The smallest absolute Gasteiger partial charge is 0.329 e. The van der Waals surface area contributed by atoms with Crippen molar-refractivity contribution in [3.8, 4) is 0 Å². The Balaban J connectivity index is 2.18. The van der Waals surface area contributed by atoms with Crippen molar-refractivity contribution in [2.45, 2.75) is 5.72 Å². The second-order valence-electron chi connectivity index (χ2n) is 5.32. The number of aliphatic hydroxyl groups is 1. The summed E-state index contributed by atoms with van der Waals surface area (Å²) in [5, 5.41) is 16.6. The lowest BCUT2D eigenvalue weighted by Crippen LogP contribution is -2.62. The number of hydrogen-bond acceptors (Lipinski definition) is 3. The van der Waals surface area contributed by atoms with E-state index >= 15 is 0 Å². The van der Waals surface area contributed by atoms with E-state index in [1.54, 1.807) is 54.6 Å². The molecule has 0 spiro atoms. The molecule has 2 aromatic carbocycles. The Labute approximate surface area is 139 Å². The van der Waals surface area contributed by atoms with Gasteiger partial charge in [0, 0.05) is 17.8 Å². The number of hydrogen-bond donors (Lipinski definition) is 3. The van der Waals surface area contributed by atoms with Crippen molar-refractivity contribution in [1.82, 2.24) is 5.32 Å². The summed E-state index contributed by atoms with van der Waals surface area (Å²) in [7, 11) is 0. The number of carbonyl (C=O) groups excluding carboxylic acids is 2. The van der Waals surface area contributed by atoms with E-state index in [0.717, 1.165) is 4.90 Å². The van der Waals surface area contributed by atoms with Crippen LogP contribution in [0.25, 0.3) is 0 Å². The van der Waals surface area contributed by atoms with E-state index < -0.39 is 17.7 Å². The van der Waals surface area contributed by atoms with Crippen LogP contribution in [-0.4, -0.2) is 23.6 Å². The first-order valence-electron chi connectivity index (χ1n) is 7.46. The van der Waals surface area contributed by atoms with Gasteiger partial charge in [0.1, 0.15) is 0 Å². The number of carbonyl (C=O) groups is 2. The summed E-state index contributed by atoms with van der Waals surface area (Å²) in [6, 6.07) is 14.6. The molecule has 122 valence electrons. The first-order chi connectivity index (χ1) is 11.6. The Hall–Kier alpha value is -3.12. The highest BCUT2D eigenvalue weighted by Gasteiger charge is 2.51. The van der Waals surface area contributed by atoms with Crippen molar-refractivity contribution in [3.05, 3.63) is 72.8 Å². The van der Waals surface area contributed by atoms with Crippen molar-refractivity contribution in [3.63, 3.8) is 0 Å². The molecular weight excluding hydrogens is 306 g/mol. The van der Waals surface area contributed by atoms with Gasteiger partial charge in [-0.15, -0.1) is 6.58 Å². The van der Waals surface area contributed by atoms with Gasteiger partial charge in [-0.3, -0.25) is 9.69 Å². The molecule has 6 nitrogen and oxygen atoms in total. The van der Waals surface area contributed by atoms with Crippen LogP contribution < -0.4 is 15.5 Å². The Bertz CT molecular complexity index is 791. The van der Waals surface area contributed by atoms with Crippen LogP contribution in [-0.2, 0) is 10.5 Å². The minimum atomic E-state index is -2.16. The quantitative estimate of drug-likeness (QED) is 0.754. The van der Waals surface area contributed by atoms with Crippen molar-refractivity contribution in [2.24, 2.45) is 0 Å². The molecule has 24 heavy (non-hydrogen) atoms. The third-order valence-corrected chi connectivity index (χ3v) is 3.81. The van der Waals surface area contributed by atoms with Gasteiger partial charge >= 0.3 is 6.03 Å². The third-order valence-electron chi connectivity index (χ3n) is 3.81. The van der Waals surface area contributed by atoms with Gasteiger partial charge in [-0.25, -0.2) is 4.79 Å². The first-order valence-corrected chi connectivity index (χ1v) is 7.46. The summed E-state index contributed by atoms with van der Waals surface area (Å²) in [5.74, 6) is -0.700. The number of nitrogens with one attached hydrogen (secondary N) is 2. The zero-order valence-corrected chi connectivity index (χ0v) is 12.9. The monoisotopic (exact) mass is 323 g/mol. The van der Waals surface area contributed by atoms with Gasteiger partial charge in [-0.2, -0.15) is 0 Å². The molecule has 3 N–H and O–H groups in total. The molecule has 0 aromatic heterocycles. The number of amides is 3. The van der Waals surface area contributed by atoms with E-state index in [1.165, 1.54) is 6.08 Å². The summed E-state index contributed by atoms with van der Waals surface area (Å²) >= 11 is 0. The van der Waals surface area contributed by atoms with Gasteiger partial charge in [0.2, 0.25) is 0 Å². The van der Waals surface area contributed by atoms with Crippen LogP contribution >= 0.6 is 0 Å². The van der Waals surface area contributed by atoms with Crippen LogP contribution in [0, 0.1) is 0 Å². The number of anilines is 2. The standard InChI is InChI=1S/C18H17N3O3/c1-2-12-19-16(22)18(24)14-10-6-7-11-15(14)20-17(23)21(18)13-8-4-3-5-9-13/h2-11,24H,1,12H2,(H,19,22)(H,20,23)/t18-/m1/s1. The van der Waals surface area contributed by atoms with Gasteiger partial charge in [0.15, 0.2) is 0 Å². The molecule has 0 aliphatic carbocycles. The van der Waals surface area contributed by atoms with Crippen LogP contribution in [0.2, 0.25) is 0 Å². The average Bonchev–Trinajstić information content (AvgIpc) is 2.60. The molecule has 3 rings (SSSR count). The number of para-hydroxylation sites is 2. The minimum absolute atomic E-state index is 0.174. The van der Waals surface area contributed by atoms with Gasteiger partial charge < -0.3 is 15.7 Å². The molecule has 0 fully saturated rings. The maximum absolute atomic E-state index is 12.7. The van der Waals surface area contributed by atoms with Crippen LogP contribution in [0.1, 0.15) is 5.56 Å². The minimum Gasteiger partial charge on any atom is -0.359 e. The predicted molar refractivity (Wildman–Crippen MR) is 91.5 cm³/mol. The lowest BCUT2D eigenvalue weighted by molar-refractivity contribution is -0.140. The summed E-state index contributed by atoms with van der Waals surface area (Å²) in [6.45, 7) is 3.72. The molecule has 0 bridgehead atoms. The van der Waals surface area contributed by atoms with E-state index in [9.17, 15) is 14.7 Å². The molecule has 1 aliphatic heterocycles. The van der Waals surface area contributed by atoms with Gasteiger partial charge in [-0.05, 0) is 18.2 Å². The van der Waals surface area contributed by atoms with Crippen LogP contribution in [0.3, 0.4) is 0 Å². The zero-order valence-electron chi connectivity index (χ0n) is 12.9. The number of nitrogens with zero attached hydrogens (tertiary/aromatic N) is 1. The fourth-order valence-electron chi connectivity index (χ4n) is 2.73. The fraction of sp³-hybridized carbons (Fsp3) is 0.111. The first kappa shape index (κ1) is 15.8. The van der Waals surface area contributed by atoms with Crippen molar-refractivity contribution in [1.29, 1.82) is 0 Å². The summed E-state index contributed by atoms with van der Waals surface area (Å²) in [4.78, 5) is 26.4. The van der Waals surface area contributed by atoms with E-state index in [4.69, 9.17) is 0 Å². The van der Waals surface area contributed by atoms with E-state index in [2.05, 4.69) is 17.2 Å². The fourth-order valence-corrected chi connectivity index (χ4v) is 2.73.